The summed E-state index contributed by atoms with van der Waals surface area (Å²) in [7, 11) is 1.44. The van der Waals surface area contributed by atoms with E-state index in [9.17, 15) is 24.5 Å². The summed E-state index contributed by atoms with van der Waals surface area (Å²) in [4.78, 5) is 54.8. The third kappa shape index (κ3) is 6.70. The summed E-state index contributed by atoms with van der Waals surface area (Å²) in [6, 6.07) is 16.6. The molecular weight excluding hydrogens is 636 g/mol. The quantitative estimate of drug-likeness (QED) is 0.149. The van der Waals surface area contributed by atoms with E-state index in [1.807, 2.05) is 0 Å². The highest BCUT2D eigenvalue weighted by Gasteiger charge is 2.34. The number of nitrogens with one attached hydrogen (secondary N) is 1. The maximum Gasteiger partial charge on any atom is 0.338 e. The van der Waals surface area contributed by atoms with Crippen LogP contribution in [0.25, 0.3) is 6.08 Å². The average molecular weight is 663 g/mol. The molecule has 4 aromatic rings. The lowest BCUT2D eigenvalue weighted by Gasteiger charge is -2.25. The molecule has 1 aromatic heterocycles. The van der Waals surface area contributed by atoms with Crippen molar-refractivity contribution in [3.05, 3.63) is 124 Å². The lowest BCUT2D eigenvalue weighted by Crippen LogP contribution is -2.40. The molecule has 1 atom stereocenters. The Morgan fingerprint density at radius 2 is 1.91 bits per heavy atom. The summed E-state index contributed by atoms with van der Waals surface area (Å²) in [5.74, 6) is -0.539. The van der Waals surface area contributed by atoms with Gasteiger partial charge in [-0.05, 0) is 55.3 Å². The van der Waals surface area contributed by atoms with Gasteiger partial charge in [0.1, 0.15) is 6.04 Å². The smallest absolute Gasteiger partial charge is 0.338 e. The first-order valence-electron chi connectivity index (χ1n) is 13.9. The molecule has 1 N–H and O–H groups in total. The van der Waals surface area contributed by atoms with Crippen LogP contribution >= 0.6 is 22.9 Å². The van der Waals surface area contributed by atoms with Gasteiger partial charge in [0.05, 0.1) is 34.4 Å². The van der Waals surface area contributed by atoms with Gasteiger partial charge in [-0.2, -0.15) is 0 Å². The van der Waals surface area contributed by atoms with Gasteiger partial charge in [0.15, 0.2) is 22.9 Å². The first kappa shape index (κ1) is 32.1. The van der Waals surface area contributed by atoms with Gasteiger partial charge in [-0.15, -0.1) is 0 Å². The zero-order valence-electron chi connectivity index (χ0n) is 24.8. The SMILES string of the molecule is CCOC(=O)C1=C(C)N=c2s/c(=C/c3ccc(OCC(=O)Nc4cccc([N+](=O)[O-])c4)c(OC)c3)c(=O)n2[C@@H]1c1ccccc1Cl. The molecule has 1 aliphatic rings. The number of rotatable bonds is 10. The van der Waals surface area contributed by atoms with Crippen LogP contribution in [0.5, 0.6) is 11.5 Å². The summed E-state index contributed by atoms with van der Waals surface area (Å²) in [5, 5.41) is 13.9. The molecule has 0 spiro atoms. The van der Waals surface area contributed by atoms with E-state index in [0.717, 1.165) is 11.3 Å². The van der Waals surface area contributed by atoms with Gasteiger partial charge in [0.2, 0.25) is 0 Å². The second-order valence-electron chi connectivity index (χ2n) is 9.88. The number of esters is 1. The molecule has 1 amide bonds. The maximum absolute atomic E-state index is 13.9. The van der Waals surface area contributed by atoms with E-state index in [-0.39, 0.29) is 41.5 Å². The van der Waals surface area contributed by atoms with Crippen LogP contribution in [0.1, 0.15) is 31.0 Å². The summed E-state index contributed by atoms with van der Waals surface area (Å²) in [6.45, 7) is 3.16. The second-order valence-corrected chi connectivity index (χ2v) is 11.3. The van der Waals surface area contributed by atoms with Crippen LogP contribution in [-0.4, -0.2) is 41.7 Å². The molecule has 0 fully saturated rings. The van der Waals surface area contributed by atoms with Crippen LogP contribution < -0.4 is 29.7 Å². The van der Waals surface area contributed by atoms with Gasteiger partial charge in [-0.25, -0.2) is 9.79 Å². The Morgan fingerprint density at radius 1 is 1.13 bits per heavy atom. The number of nitro benzene ring substituents is 1. The molecule has 0 aliphatic carbocycles. The maximum atomic E-state index is 13.9. The van der Waals surface area contributed by atoms with Crippen LogP contribution in [0.2, 0.25) is 5.02 Å². The number of aromatic nitrogens is 1. The molecule has 1 aliphatic heterocycles. The Balaban J connectivity index is 1.44. The Morgan fingerprint density at radius 3 is 2.63 bits per heavy atom. The van der Waals surface area contributed by atoms with E-state index >= 15 is 0 Å². The number of methoxy groups -OCH3 is 1. The fourth-order valence-electron chi connectivity index (χ4n) is 4.86. The molecule has 12 nitrogen and oxygen atoms in total. The second kappa shape index (κ2) is 13.8. The number of hydrogen-bond acceptors (Lipinski definition) is 10. The molecular formula is C32H27ClN4O8S. The highest BCUT2D eigenvalue weighted by atomic mass is 35.5. The Hall–Kier alpha value is -5.27. The minimum atomic E-state index is -0.843. The van der Waals surface area contributed by atoms with Crippen molar-refractivity contribution in [3.63, 3.8) is 0 Å². The van der Waals surface area contributed by atoms with E-state index < -0.39 is 22.8 Å². The highest BCUT2D eigenvalue weighted by molar-refractivity contribution is 7.07. The van der Waals surface area contributed by atoms with Crippen LogP contribution in [0.15, 0.2) is 87.8 Å². The molecule has 5 rings (SSSR count). The van der Waals surface area contributed by atoms with Crippen molar-refractivity contribution in [1.29, 1.82) is 0 Å². The number of benzene rings is 3. The minimum absolute atomic E-state index is 0.152. The van der Waals surface area contributed by atoms with Crippen LogP contribution in [0, 0.1) is 10.1 Å². The van der Waals surface area contributed by atoms with Crippen molar-refractivity contribution in [1.82, 2.24) is 4.57 Å². The molecule has 0 saturated carbocycles. The van der Waals surface area contributed by atoms with Gasteiger partial charge >= 0.3 is 5.97 Å². The van der Waals surface area contributed by atoms with Crippen molar-refractivity contribution in [2.75, 3.05) is 25.6 Å². The molecule has 0 saturated heterocycles. The van der Waals surface area contributed by atoms with E-state index in [1.165, 1.54) is 35.9 Å². The van der Waals surface area contributed by atoms with Gasteiger partial charge in [-0.3, -0.25) is 24.3 Å². The minimum Gasteiger partial charge on any atom is -0.493 e. The van der Waals surface area contributed by atoms with Crippen molar-refractivity contribution in [2.45, 2.75) is 19.9 Å². The Kier molecular flexibility index (Phi) is 9.64. The van der Waals surface area contributed by atoms with Crippen molar-refractivity contribution in [3.8, 4) is 11.5 Å². The lowest BCUT2D eigenvalue weighted by atomic mass is 9.96. The fraction of sp³-hybridized carbons (Fsp3) is 0.188. The van der Waals surface area contributed by atoms with Crippen molar-refractivity contribution < 1.29 is 28.7 Å². The Bertz CT molecular complexity index is 2070. The number of amides is 1. The highest BCUT2D eigenvalue weighted by Crippen LogP contribution is 2.34. The normalized spacial score (nSPS) is 14.3. The molecule has 0 bridgehead atoms. The predicted molar refractivity (Wildman–Crippen MR) is 172 cm³/mol. The summed E-state index contributed by atoms with van der Waals surface area (Å²) < 4.78 is 18.2. The number of nitro groups is 1. The largest absolute Gasteiger partial charge is 0.493 e. The molecule has 46 heavy (non-hydrogen) atoms. The van der Waals surface area contributed by atoms with E-state index in [0.29, 0.717) is 36.9 Å². The van der Waals surface area contributed by atoms with Crippen molar-refractivity contribution >= 4 is 52.3 Å². The van der Waals surface area contributed by atoms with Crippen LogP contribution in [0.3, 0.4) is 0 Å². The number of non-ortho nitro benzene ring substituents is 1. The summed E-state index contributed by atoms with van der Waals surface area (Å²) in [6.07, 6.45) is 1.66. The molecule has 14 heteroatoms. The number of carbonyl (C=O) groups excluding carboxylic acids is 2. The monoisotopic (exact) mass is 662 g/mol. The third-order valence-electron chi connectivity index (χ3n) is 6.90. The van der Waals surface area contributed by atoms with Crippen molar-refractivity contribution in [2.24, 2.45) is 4.99 Å². The number of allylic oxidation sites excluding steroid dienone is 1. The van der Waals surface area contributed by atoms with Gasteiger partial charge in [0, 0.05) is 22.8 Å². The first-order valence-corrected chi connectivity index (χ1v) is 15.1. The van der Waals surface area contributed by atoms with E-state index in [1.54, 1.807) is 62.4 Å². The fourth-order valence-corrected chi connectivity index (χ4v) is 6.15. The van der Waals surface area contributed by atoms with Crippen LogP contribution in [0.4, 0.5) is 11.4 Å². The lowest BCUT2D eigenvalue weighted by molar-refractivity contribution is -0.384. The molecule has 2 heterocycles. The summed E-state index contributed by atoms with van der Waals surface area (Å²) >= 11 is 7.72. The predicted octanol–water partition coefficient (Wildman–Crippen LogP) is 4.39. The number of carbonyl (C=O) groups is 2. The number of ether oxygens (including phenoxy) is 3. The number of halogens is 1. The third-order valence-corrected chi connectivity index (χ3v) is 8.23. The number of hydrogen-bond donors (Lipinski definition) is 1. The zero-order valence-corrected chi connectivity index (χ0v) is 26.4. The summed E-state index contributed by atoms with van der Waals surface area (Å²) in [5.41, 5.74) is 1.55. The molecule has 0 unspecified atom stereocenters. The molecule has 236 valence electrons. The number of thiazole rings is 1. The first-order chi connectivity index (χ1) is 22.1. The average Bonchev–Trinajstić information content (AvgIpc) is 3.33. The zero-order chi connectivity index (χ0) is 33.0. The topological polar surface area (TPSA) is 151 Å². The van der Waals surface area contributed by atoms with Gasteiger partial charge < -0.3 is 19.5 Å². The van der Waals surface area contributed by atoms with Crippen LogP contribution in [-0.2, 0) is 14.3 Å². The number of anilines is 1. The van der Waals surface area contributed by atoms with E-state index in [2.05, 4.69) is 10.3 Å². The standard InChI is InChI=1S/C32H27ClN4O8S/c1-4-44-31(40)28-18(2)34-32-36(29(28)22-10-5-6-11-23(22)33)30(39)26(46-32)15-19-12-13-24(25(14-19)43-3)45-17-27(38)35-20-8-7-9-21(16-20)37(41)42/h5-16,29H,4,17H2,1-3H3,(H,35,38)/b26-15+/t29-/m1/s1. The molecule has 3 aromatic carbocycles. The van der Waals surface area contributed by atoms with Gasteiger partial charge in [0.25, 0.3) is 17.2 Å². The molecule has 0 radical (unpaired) electrons. The number of nitrogens with zero attached hydrogens (tertiary/aromatic N) is 3. The Labute approximate surface area is 271 Å². The number of fused-ring (bicyclic) bond motifs is 1. The van der Waals surface area contributed by atoms with E-state index in [4.69, 9.17) is 25.8 Å². The van der Waals surface area contributed by atoms with Gasteiger partial charge in [-0.1, -0.05) is 53.3 Å².